The molecule has 4 rings (SSSR count). The lowest BCUT2D eigenvalue weighted by atomic mass is 9.95. The Morgan fingerprint density at radius 3 is 2.66 bits per heavy atom. The van der Waals surface area contributed by atoms with Gasteiger partial charge in [-0.25, -0.2) is 10.2 Å². The van der Waals surface area contributed by atoms with E-state index in [1.54, 1.807) is 57.4 Å². The predicted octanol–water partition coefficient (Wildman–Crippen LogP) is 5.42. The first-order valence-electron chi connectivity index (χ1n) is 13.4. The molecule has 0 aromatic heterocycles. The van der Waals surface area contributed by atoms with Gasteiger partial charge in [-0.3, -0.25) is 4.79 Å². The van der Waals surface area contributed by atoms with Crippen LogP contribution in [0.4, 0.5) is 0 Å². The van der Waals surface area contributed by atoms with Crippen molar-refractivity contribution in [1.29, 1.82) is 0 Å². The fraction of sp³-hybridized carbons (Fsp3) is 0.226. The van der Waals surface area contributed by atoms with Crippen LogP contribution in [0.15, 0.2) is 77.0 Å². The Bertz CT molecular complexity index is 1620. The molecule has 1 amide bonds. The molecule has 0 aliphatic carbocycles. The molecule has 1 aliphatic heterocycles. The van der Waals surface area contributed by atoms with Gasteiger partial charge < -0.3 is 29.6 Å². The SMILES string of the molecule is CCOC(=O)C1=C(C)NC(=S)N[C@H]1c1ccccc1OCC(=O)NN=Cc1cc(I)c(OCc2cccc(Cl)c2)c(OC)c1. The highest BCUT2D eigenvalue weighted by Gasteiger charge is 2.32. The lowest BCUT2D eigenvalue weighted by Crippen LogP contribution is -2.45. The van der Waals surface area contributed by atoms with Crippen molar-refractivity contribution < 1.29 is 28.5 Å². The number of ether oxygens (including phenoxy) is 4. The summed E-state index contributed by atoms with van der Waals surface area (Å²) in [6, 6.07) is 17.5. The van der Waals surface area contributed by atoms with Gasteiger partial charge >= 0.3 is 5.97 Å². The first-order chi connectivity index (χ1) is 21.2. The van der Waals surface area contributed by atoms with Gasteiger partial charge in [0.25, 0.3) is 5.91 Å². The van der Waals surface area contributed by atoms with Crippen molar-refractivity contribution >= 4 is 69.6 Å². The fourth-order valence-electron chi connectivity index (χ4n) is 4.35. The van der Waals surface area contributed by atoms with Crippen LogP contribution in [0.5, 0.6) is 17.2 Å². The molecule has 3 N–H and O–H groups in total. The van der Waals surface area contributed by atoms with Crippen molar-refractivity contribution in [2.24, 2.45) is 5.10 Å². The molecule has 3 aromatic carbocycles. The first kappa shape index (κ1) is 33.0. The lowest BCUT2D eigenvalue weighted by molar-refractivity contribution is -0.139. The fourth-order valence-corrected chi connectivity index (χ4v) is 5.61. The number of thiocarbonyl (C=S) groups is 1. The summed E-state index contributed by atoms with van der Waals surface area (Å²) in [6.45, 7) is 3.71. The molecular weight excluding hydrogens is 719 g/mol. The van der Waals surface area contributed by atoms with E-state index in [9.17, 15) is 9.59 Å². The van der Waals surface area contributed by atoms with Crippen LogP contribution in [0.1, 0.15) is 36.6 Å². The van der Waals surface area contributed by atoms with Gasteiger partial charge in [0, 0.05) is 16.3 Å². The Kier molecular flexibility index (Phi) is 11.8. The van der Waals surface area contributed by atoms with Crippen LogP contribution >= 0.6 is 46.4 Å². The number of para-hydroxylation sites is 1. The number of esters is 1. The number of nitrogens with one attached hydrogen (secondary N) is 3. The van der Waals surface area contributed by atoms with E-state index in [-0.39, 0.29) is 13.2 Å². The van der Waals surface area contributed by atoms with E-state index in [2.05, 4.69) is 43.8 Å². The molecule has 44 heavy (non-hydrogen) atoms. The van der Waals surface area contributed by atoms with Gasteiger partial charge in [0.15, 0.2) is 23.2 Å². The third-order valence-corrected chi connectivity index (χ3v) is 7.54. The van der Waals surface area contributed by atoms with Crippen molar-refractivity contribution in [1.82, 2.24) is 16.1 Å². The van der Waals surface area contributed by atoms with E-state index in [0.717, 1.165) is 9.13 Å². The van der Waals surface area contributed by atoms with Crippen molar-refractivity contribution in [3.8, 4) is 17.2 Å². The zero-order valence-electron chi connectivity index (χ0n) is 24.1. The second-order valence-electron chi connectivity index (χ2n) is 9.36. The molecule has 0 saturated heterocycles. The van der Waals surface area contributed by atoms with Crippen LogP contribution in [0.3, 0.4) is 0 Å². The highest BCUT2D eigenvalue weighted by Crippen LogP contribution is 2.35. The smallest absolute Gasteiger partial charge is 0.338 e. The van der Waals surface area contributed by atoms with Gasteiger partial charge in [0.1, 0.15) is 12.4 Å². The zero-order chi connectivity index (χ0) is 31.6. The predicted molar refractivity (Wildman–Crippen MR) is 180 cm³/mol. The Labute approximate surface area is 279 Å². The lowest BCUT2D eigenvalue weighted by Gasteiger charge is -2.30. The average Bonchev–Trinajstić information content (AvgIpc) is 2.99. The molecule has 0 unspecified atom stereocenters. The molecule has 13 heteroatoms. The van der Waals surface area contributed by atoms with Gasteiger partial charge in [-0.15, -0.1) is 0 Å². The van der Waals surface area contributed by atoms with E-state index in [1.807, 2.05) is 24.3 Å². The number of hydrazone groups is 1. The number of rotatable bonds is 12. The number of benzene rings is 3. The molecule has 0 bridgehead atoms. The molecule has 1 aliphatic rings. The van der Waals surface area contributed by atoms with E-state index in [1.165, 1.54) is 6.21 Å². The molecule has 0 saturated carbocycles. The number of methoxy groups -OCH3 is 1. The van der Waals surface area contributed by atoms with Crippen LogP contribution in [0.25, 0.3) is 0 Å². The Morgan fingerprint density at radius 2 is 1.91 bits per heavy atom. The molecule has 230 valence electrons. The minimum absolute atomic E-state index is 0.222. The normalized spacial score (nSPS) is 14.5. The summed E-state index contributed by atoms with van der Waals surface area (Å²) < 4.78 is 23.4. The molecule has 1 heterocycles. The average molecular weight is 749 g/mol. The van der Waals surface area contributed by atoms with Gasteiger partial charge in [-0.2, -0.15) is 5.10 Å². The number of hydrogen-bond acceptors (Lipinski definition) is 8. The molecule has 10 nitrogen and oxygen atoms in total. The minimum atomic E-state index is -0.630. The Hall–Kier alpha value is -3.88. The highest BCUT2D eigenvalue weighted by molar-refractivity contribution is 14.1. The summed E-state index contributed by atoms with van der Waals surface area (Å²) in [6.07, 6.45) is 1.50. The maximum atomic E-state index is 12.8. The first-order valence-corrected chi connectivity index (χ1v) is 15.3. The van der Waals surface area contributed by atoms with Crippen molar-refractivity contribution in [2.75, 3.05) is 20.3 Å². The van der Waals surface area contributed by atoms with Crippen LogP contribution in [-0.2, 0) is 20.9 Å². The molecule has 0 radical (unpaired) electrons. The van der Waals surface area contributed by atoms with Crippen molar-refractivity contribution in [3.63, 3.8) is 0 Å². The van der Waals surface area contributed by atoms with E-state index < -0.39 is 17.9 Å². The maximum absolute atomic E-state index is 12.8. The molecular formula is C31H30ClIN4O6S. The minimum Gasteiger partial charge on any atom is -0.493 e. The van der Waals surface area contributed by atoms with Crippen LogP contribution in [0.2, 0.25) is 5.02 Å². The van der Waals surface area contributed by atoms with Gasteiger partial charge in [0.2, 0.25) is 0 Å². The summed E-state index contributed by atoms with van der Waals surface area (Å²) in [4.78, 5) is 25.4. The number of carbonyl (C=O) groups is 2. The quantitative estimate of drug-likeness (QED) is 0.0734. The zero-order valence-corrected chi connectivity index (χ0v) is 27.8. The topological polar surface area (TPSA) is 120 Å². The molecule has 0 spiro atoms. The Balaban J connectivity index is 1.40. The third kappa shape index (κ3) is 8.61. The monoisotopic (exact) mass is 748 g/mol. The van der Waals surface area contributed by atoms with Crippen LogP contribution in [-0.4, -0.2) is 43.5 Å². The number of amides is 1. The van der Waals surface area contributed by atoms with Gasteiger partial charge in [0.05, 0.1) is 35.1 Å². The largest absolute Gasteiger partial charge is 0.493 e. The molecule has 1 atom stereocenters. The standard InChI is InChI=1S/C31H30ClIN4O6S/c1-4-41-30(39)27-18(2)35-31(44)36-28(27)22-10-5-6-11-24(22)42-17-26(38)37-34-15-20-13-23(33)29(25(14-20)40-3)43-16-19-8-7-9-21(32)12-19/h5-15,28H,4,16-17H2,1-3H3,(H,37,38)(H2,35,36,44)/t28-/m0/s1. The van der Waals surface area contributed by atoms with Crippen molar-refractivity contribution in [2.45, 2.75) is 26.5 Å². The van der Waals surface area contributed by atoms with E-state index >= 15 is 0 Å². The summed E-state index contributed by atoms with van der Waals surface area (Å²) in [5.41, 5.74) is 5.65. The molecule has 0 fully saturated rings. The Morgan fingerprint density at radius 1 is 1.11 bits per heavy atom. The second kappa shape index (κ2) is 15.7. The van der Waals surface area contributed by atoms with Gasteiger partial charge in [-0.1, -0.05) is 41.9 Å². The van der Waals surface area contributed by atoms with E-state index in [0.29, 0.717) is 56.4 Å². The summed E-state index contributed by atoms with van der Waals surface area (Å²) in [7, 11) is 1.55. The van der Waals surface area contributed by atoms with E-state index in [4.69, 9.17) is 42.8 Å². The highest BCUT2D eigenvalue weighted by atomic mass is 127. The molecule has 3 aromatic rings. The summed E-state index contributed by atoms with van der Waals surface area (Å²) in [5.74, 6) is 0.540. The van der Waals surface area contributed by atoms with Crippen LogP contribution < -0.4 is 30.3 Å². The number of allylic oxidation sites excluding steroid dienone is 1. The summed E-state index contributed by atoms with van der Waals surface area (Å²) >= 11 is 13.5. The number of nitrogens with zero attached hydrogens (tertiary/aromatic N) is 1. The maximum Gasteiger partial charge on any atom is 0.338 e. The van der Waals surface area contributed by atoms with Gasteiger partial charge in [-0.05, 0) is 90.1 Å². The van der Waals surface area contributed by atoms with Crippen LogP contribution in [0, 0.1) is 3.57 Å². The number of carbonyl (C=O) groups excluding carboxylic acids is 2. The van der Waals surface area contributed by atoms with Crippen molar-refractivity contribution in [3.05, 3.63) is 97.2 Å². The third-order valence-electron chi connectivity index (χ3n) is 6.28. The number of hydrogen-bond donors (Lipinski definition) is 3. The second-order valence-corrected chi connectivity index (χ2v) is 11.4. The summed E-state index contributed by atoms with van der Waals surface area (Å²) in [5, 5.41) is 11.1. The number of halogens is 2.